The average Bonchev–Trinajstić information content (AvgIpc) is 2.37. The van der Waals surface area contributed by atoms with Gasteiger partial charge in [0, 0.05) is 18.1 Å². The number of anilines is 1. The van der Waals surface area contributed by atoms with E-state index in [1.807, 2.05) is 19.1 Å². The lowest BCUT2D eigenvalue weighted by Gasteiger charge is -2.06. The molecule has 0 aliphatic heterocycles. The molecule has 0 radical (unpaired) electrons. The predicted octanol–water partition coefficient (Wildman–Crippen LogP) is 1.30. The maximum atomic E-state index is 11.8. The Morgan fingerprint density at radius 1 is 1.33 bits per heavy atom. The maximum Gasteiger partial charge on any atom is 0.270 e. The van der Waals surface area contributed by atoms with Crippen molar-refractivity contribution in [3.05, 3.63) is 53.6 Å². The summed E-state index contributed by atoms with van der Waals surface area (Å²) in [5.74, 6) is -0.257. The first-order valence-corrected chi connectivity index (χ1v) is 5.57. The van der Waals surface area contributed by atoms with Crippen LogP contribution >= 0.6 is 0 Å². The lowest BCUT2D eigenvalue weighted by molar-refractivity contribution is 0.0945. The largest absolute Gasteiger partial charge is 0.399 e. The SMILES string of the molecule is Cc1cccnc1CNC(=O)c1cc(N)ccn1. The van der Waals surface area contributed by atoms with Crippen LogP contribution in [0.2, 0.25) is 0 Å². The second kappa shape index (κ2) is 5.27. The Balaban J connectivity index is 2.03. The number of nitrogens with two attached hydrogens (primary N) is 1. The predicted molar refractivity (Wildman–Crippen MR) is 68.8 cm³/mol. The number of amides is 1. The number of nitrogens with one attached hydrogen (secondary N) is 1. The second-order valence-corrected chi connectivity index (χ2v) is 3.92. The molecule has 2 aromatic heterocycles. The van der Waals surface area contributed by atoms with Gasteiger partial charge in [-0.05, 0) is 30.7 Å². The van der Waals surface area contributed by atoms with E-state index >= 15 is 0 Å². The fraction of sp³-hybridized carbons (Fsp3) is 0.154. The van der Waals surface area contributed by atoms with Crippen molar-refractivity contribution in [3.8, 4) is 0 Å². The van der Waals surface area contributed by atoms with Crippen LogP contribution < -0.4 is 11.1 Å². The minimum atomic E-state index is -0.257. The molecule has 18 heavy (non-hydrogen) atoms. The number of hydrogen-bond acceptors (Lipinski definition) is 4. The highest BCUT2D eigenvalue weighted by Crippen LogP contribution is 2.05. The van der Waals surface area contributed by atoms with Crippen LogP contribution in [0, 0.1) is 6.92 Å². The van der Waals surface area contributed by atoms with E-state index < -0.39 is 0 Å². The normalized spacial score (nSPS) is 10.1. The Morgan fingerprint density at radius 3 is 2.89 bits per heavy atom. The van der Waals surface area contributed by atoms with Gasteiger partial charge in [0.25, 0.3) is 5.91 Å². The van der Waals surface area contributed by atoms with E-state index in [1.54, 1.807) is 18.3 Å². The minimum absolute atomic E-state index is 0.257. The van der Waals surface area contributed by atoms with Gasteiger partial charge >= 0.3 is 0 Å². The molecule has 2 rings (SSSR count). The molecular formula is C13H14N4O. The van der Waals surface area contributed by atoms with Gasteiger partial charge in [0.1, 0.15) is 5.69 Å². The summed E-state index contributed by atoms with van der Waals surface area (Å²) in [5.41, 5.74) is 8.30. The Bertz CT molecular complexity index is 568. The van der Waals surface area contributed by atoms with E-state index in [4.69, 9.17) is 5.73 Å². The topological polar surface area (TPSA) is 80.9 Å². The molecule has 0 atom stereocenters. The number of aryl methyl sites for hydroxylation is 1. The van der Waals surface area contributed by atoms with Crippen molar-refractivity contribution in [1.82, 2.24) is 15.3 Å². The third-order valence-electron chi connectivity index (χ3n) is 2.55. The number of nitrogen functional groups attached to an aromatic ring is 1. The smallest absolute Gasteiger partial charge is 0.270 e. The zero-order chi connectivity index (χ0) is 13.0. The fourth-order valence-corrected chi connectivity index (χ4v) is 1.53. The third kappa shape index (κ3) is 2.82. The van der Waals surface area contributed by atoms with E-state index in [-0.39, 0.29) is 5.91 Å². The summed E-state index contributed by atoms with van der Waals surface area (Å²) in [6, 6.07) is 6.99. The van der Waals surface area contributed by atoms with Gasteiger partial charge < -0.3 is 11.1 Å². The van der Waals surface area contributed by atoms with Crippen LogP contribution in [0.4, 0.5) is 5.69 Å². The van der Waals surface area contributed by atoms with Gasteiger partial charge in [-0.1, -0.05) is 6.07 Å². The molecule has 0 aromatic carbocycles. The molecule has 1 amide bonds. The van der Waals surface area contributed by atoms with Gasteiger partial charge in [0.05, 0.1) is 12.2 Å². The van der Waals surface area contributed by atoms with Gasteiger partial charge in [0.15, 0.2) is 0 Å². The average molecular weight is 242 g/mol. The molecule has 5 nitrogen and oxygen atoms in total. The maximum absolute atomic E-state index is 11.8. The molecule has 0 saturated heterocycles. The number of pyridine rings is 2. The van der Waals surface area contributed by atoms with Crippen LogP contribution in [-0.2, 0) is 6.54 Å². The van der Waals surface area contributed by atoms with Crippen molar-refractivity contribution in [1.29, 1.82) is 0 Å². The molecule has 2 heterocycles. The molecule has 0 spiro atoms. The Morgan fingerprint density at radius 2 is 2.17 bits per heavy atom. The first-order valence-electron chi connectivity index (χ1n) is 5.57. The summed E-state index contributed by atoms with van der Waals surface area (Å²) < 4.78 is 0. The van der Waals surface area contributed by atoms with E-state index in [2.05, 4.69) is 15.3 Å². The van der Waals surface area contributed by atoms with E-state index in [1.165, 1.54) is 6.20 Å². The lowest BCUT2D eigenvalue weighted by Crippen LogP contribution is -2.24. The number of rotatable bonds is 3. The first kappa shape index (κ1) is 12.0. The highest BCUT2D eigenvalue weighted by molar-refractivity contribution is 5.92. The Labute approximate surface area is 105 Å². The summed E-state index contributed by atoms with van der Waals surface area (Å²) in [4.78, 5) is 20.0. The van der Waals surface area contributed by atoms with Crippen LogP contribution in [-0.4, -0.2) is 15.9 Å². The molecule has 0 aliphatic rings. The molecule has 0 bridgehead atoms. The number of aromatic nitrogens is 2. The van der Waals surface area contributed by atoms with Gasteiger partial charge in [-0.3, -0.25) is 14.8 Å². The third-order valence-corrected chi connectivity index (χ3v) is 2.55. The first-order chi connectivity index (χ1) is 8.66. The molecule has 2 aromatic rings. The summed E-state index contributed by atoms with van der Waals surface area (Å²) in [6.45, 7) is 2.33. The summed E-state index contributed by atoms with van der Waals surface area (Å²) in [7, 11) is 0. The molecule has 0 unspecified atom stereocenters. The molecule has 3 N–H and O–H groups in total. The van der Waals surface area contributed by atoms with Crippen LogP contribution in [0.15, 0.2) is 36.7 Å². The quantitative estimate of drug-likeness (QED) is 0.850. The number of hydrogen-bond donors (Lipinski definition) is 2. The number of carbonyl (C=O) groups excluding carboxylic acids is 1. The van der Waals surface area contributed by atoms with Crippen molar-refractivity contribution in [2.45, 2.75) is 13.5 Å². The summed E-state index contributed by atoms with van der Waals surface area (Å²) in [5, 5.41) is 2.76. The van der Waals surface area contributed by atoms with Crippen LogP contribution in [0.1, 0.15) is 21.7 Å². The van der Waals surface area contributed by atoms with Crippen LogP contribution in [0.5, 0.6) is 0 Å². The van der Waals surface area contributed by atoms with Crippen molar-refractivity contribution in [2.24, 2.45) is 0 Å². The number of carbonyl (C=O) groups is 1. The van der Waals surface area contributed by atoms with E-state index in [0.717, 1.165) is 11.3 Å². The molecular weight excluding hydrogens is 228 g/mol. The summed E-state index contributed by atoms with van der Waals surface area (Å²) in [6.07, 6.45) is 3.21. The zero-order valence-electron chi connectivity index (χ0n) is 10.1. The zero-order valence-corrected chi connectivity index (χ0v) is 10.1. The minimum Gasteiger partial charge on any atom is -0.399 e. The van der Waals surface area contributed by atoms with Crippen molar-refractivity contribution < 1.29 is 4.79 Å². The molecule has 0 fully saturated rings. The monoisotopic (exact) mass is 242 g/mol. The van der Waals surface area contributed by atoms with Crippen LogP contribution in [0.3, 0.4) is 0 Å². The highest BCUT2D eigenvalue weighted by Gasteiger charge is 2.08. The molecule has 0 saturated carbocycles. The van der Waals surface area contributed by atoms with E-state index in [9.17, 15) is 4.79 Å². The lowest BCUT2D eigenvalue weighted by atomic mass is 10.2. The standard InChI is InChI=1S/C13H14N4O/c1-9-3-2-5-15-12(9)8-17-13(18)11-7-10(14)4-6-16-11/h2-7H,8H2,1H3,(H2,14,16)(H,17,18). The second-order valence-electron chi connectivity index (χ2n) is 3.92. The highest BCUT2D eigenvalue weighted by atomic mass is 16.1. The number of nitrogens with zero attached hydrogens (tertiary/aromatic N) is 2. The molecule has 5 heteroatoms. The van der Waals surface area contributed by atoms with E-state index in [0.29, 0.717) is 17.9 Å². The van der Waals surface area contributed by atoms with Gasteiger partial charge in [-0.2, -0.15) is 0 Å². The molecule has 92 valence electrons. The van der Waals surface area contributed by atoms with Crippen LogP contribution in [0.25, 0.3) is 0 Å². The summed E-state index contributed by atoms with van der Waals surface area (Å²) >= 11 is 0. The van der Waals surface area contributed by atoms with Gasteiger partial charge in [0.2, 0.25) is 0 Å². The van der Waals surface area contributed by atoms with Crippen molar-refractivity contribution in [2.75, 3.05) is 5.73 Å². The Hall–Kier alpha value is -2.43. The van der Waals surface area contributed by atoms with Gasteiger partial charge in [-0.25, -0.2) is 0 Å². The van der Waals surface area contributed by atoms with Crippen molar-refractivity contribution in [3.63, 3.8) is 0 Å². The fourth-order valence-electron chi connectivity index (χ4n) is 1.53. The van der Waals surface area contributed by atoms with Crippen molar-refractivity contribution >= 4 is 11.6 Å². The Kier molecular flexibility index (Phi) is 3.52. The molecule has 0 aliphatic carbocycles. The van der Waals surface area contributed by atoms with Gasteiger partial charge in [-0.15, -0.1) is 0 Å².